The highest BCUT2D eigenvalue weighted by molar-refractivity contribution is 5.94. The van der Waals surface area contributed by atoms with Gasteiger partial charge in [-0.2, -0.15) is 4.68 Å². The predicted molar refractivity (Wildman–Crippen MR) is 106 cm³/mol. The molecule has 9 heteroatoms. The lowest BCUT2D eigenvalue weighted by Crippen LogP contribution is -2.29. The number of amides is 1. The van der Waals surface area contributed by atoms with Crippen LogP contribution in [-0.4, -0.2) is 25.8 Å². The molecule has 152 valence electrons. The summed E-state index contributed by atoms with van der Waals surface area (Å²) in [6, 6.07) is 9.20. The minimum Gasteiger partial charge on any atom is -0.361 e. The van der Waals surface area contributed by atoms with Crippen LogP contribution in [0, 0.1) is 30.9 Å². The number of benzene rings is 1. The highest BCUT2D eigenvalue weighted by Gasteiger charge is 2.25. The molecular weight excluding hydrogens is 374 g/mol. The molecule has 0 aliphatic carbocycles. The number of aryl methyl sites for hydroxylation is 3. The molecule has 0 saturated carbocycles. The van der Waals surface area contributed by atoms with Gasteiger partial charge in [0.1, 0.15) is 5.76 Å². The number of nitro groups is 1. The fourth-order valence-corrected chi connectivity index (χ4v) is 3.09. The molecule has 3 rings (SSSR count). The minimum atomic E-state index is -0.551. The summed E-state index contributed by atoms with van der Waals surface area (Å²) in [6.45, 7) is 7.57. The predicted octanol–water partition coefficient (Wildman–Crippen LogP) is 3.63. The monoisotopic (exact) mass is 397 g/mol. The van der Waals surface area contributed by atoms with Gasteiger partial charge in [0.15, 0.2) is 5.69 Å². The largest absolute Gasteiger partial charge is 0.390 e. The Hall–Kier alpha value is -3.49. The summed E-state index contributed by atoms with van der Waals surface area (Å²) in [6.07, 6.45) is 0.714. The van der Waals surface area contributed by atoms with E-state index in [1.807, 2.05) is 38.1 Å². The summed E-state index contributed by atoms with van der Waals surface area (Å²) in [5.74, 6) is -0.132. The molecule has 1 atom stereocenters. The zero-order valence-corrected chi connectivity index (χ0v) is 16.8. The Morgan fingerprint density at radius 1 is 1.28 bits per heavy atom. The average Bonchev–Trinajstić information content (AvgIpc) is 3.24. The van der Waals surface area contributed by atoms with Crippen molar-refractivity contribution >= 4 is 11.7 Å². The van der Waals surface area contributed by atoms with Gasteiger partial charge in [-0.3, -0.25) is 4.79 Å². The Morgan fingerprint density at radius 2 is 1.97 bits per heavy atom. The van der Waals surface area contributed by atoms with Crippen LogP contribution in [0.4, 0.5) is 5.82 Å². The van der Waals surface area contributed by atoms with Crippen LogP contribution in [-0.2, 0) is 6.54 Å². The lowest BCUT2D eigenvalue weighted by Gasteiger charge is -2.17. The van der Waals surface area contributed by atoms with Crippen LogP contribution in [0.25, 0.3) is 0 Å². The van der Waals surface area contributed by atoms with E-state index in [2.05, 4.69) is 15.6 Å². The van der Waals surface area contributed by atoms with Gasteiger partial charge in [0, 0.05) is 0 Å². The van der Waals surface area contributed by atoms with Crippen LogP contribution < -0.4 is 5.32 Å². The van der Waals surface area contributed by atoms with E-state index in [-0.39, 0.29) is 30.0 Å². The van der Waals surface area contributed by atoms with E-state index in [1.54, 1.807) is 13.8 Å². The highest BCUT2D eigenvalue weighted by atomic mass is 16.6. The van der Waals surface area contributed by atoms with Crippen molar-refractivity contribution in [3.05, 3.63) is 74.3 Å². The van der Waals surface area contributed by atoms with Crippen molar-refractivity contribution in [2.75, 3.05) is 0 Å². The number of rotatable bonds is 7. The SMILES string of the molecule is CCC(NC(=O)c1noc(C)c1Cn1nc([N+](=O)[O-])cc1C)c1ccc(C)cc1. The van der Waals surface area contributed by atoms with Gasteiger partial charge >= 0.3 is 5.82 Å². The Labute approximate surface area is 167 Å². The molecule has 9 nitrogen and oxygen atoms in total. The number of carbonyl (C=O) groups is 1. The number of hydrogen-bond donors (Lipinski definition) is 1. The van der Waals surface area contributed by atoms with E-state index in [9.17, 15) is 14.9 Å². The standard InChI is InChI=1S/C20H23N5O4/c1-5-17(15-8-6-12(2)7-9-15)21-20(26)19-16(14(4)29-23-19)11-24-13(3)10-18(22-24)25(27)28/h6-10,17H,5,11H2,1-4H3,(H,21,26). The van der Waals surface area contributed by atoms with Crippen molar-refractivity contribution in [2.24, 2.45) is 0 Å². The van der Waals surface area contributed by atoms with Gasteiger partial charge in [0.2, 0.25) is 0 Å². The van der Waals surface area contributed by atoms with E-state index in [0.29, 0.717) is 23.4 Å². The molecule has 0 aliphatic heterocycles. The van der Waals surface area contributed by atoms with Gasteiger partial charge < -0.3 is 20.0 Å². The molecule has 1 aromatic carbocycles. The van der Waals surface area contributed by atoms with Gasteiger partial charge in [0.25, 0.3) is 5.91 Å². The first kappa shape index (κ1) is 20.2. The van der Waals surface area contributed by atoms with Gasteiger partial charge in [-0.25, -0.2) is 0 Å². The van der Waals surface area contributed by atoms with Crippen molar-refractivity contribution in [1.29, 1.82) is 0 Å². The number of nitrogens with zero attached hydrogens (tertiary/aromatic N) is 4. The van der Waals surface area contributed by atoms with Crippen molar-refractivity contribution in [3.8, 4) is 0 Å². The van der Waals surface area contributed by atoms with Crippen molar-refractivity contribution < 1.29 is 14.2 Å². The maximum Gasteiger partial charge on any atom is 0.390 e. The Kier molecular flexibility index (Phi) is 5.76. The number of aromatic nitrogens is 3. The molecule has 29 heavy (non-hydrogen) atoms. The van der Waals surface area contributed by atoms with Crippen LogP contribution >= 0.6 is 0 Å². The fraction of sp³-hybridized carbons (Fsp3) is 0.350. The van der Waals surface area contributed by atoms with E-state index in [1.165, 1.54) is 10.7 Å². The molecule has 1 N–H and O–H groups in total. The molecule has 0 saturated heterocycles. The van der Waals surface area contributed by atoms with Crippen molar-refractivity contribution in [3.63, 3.8) is 0 Å². The maximum absolute atomic E-state index is 12.9. The second-order valence-electron chi connectivity index (χ2n) is 6.97. The fourth-order valence-electron chi connectivity index (χ4n) is 3.09. The molecule has 1 amide bonds. The first-order valence-corrected chi connectivity index (χ1v) is 9.31. The van der Waals surface area contributed by atoms with Crippen LogP contribution in [0.2, 0.25) is 0 Å². The zero-order valence-electron chi connectivity index (χ0n) is 16.8. The molecule has 0 bridgehead atoms. The molecule has 2 heterocycles. The Morgan fingerprint density at radius 3 is 2.55 bits per heavy atom. The molecular formula is C20H23N5O4. The summed E-state index contributed by atoms with van der Waals surface area (Å²) >= 11 is 0. The van der Waals surface area contributed by atoms with Gasteiger partial charge in [-0.15, -0.1) is 0 Å². The Bertz CT molecular complexity index is 1040. The first-order valence-electron chi connectivity index (χ1n) is 9.31. The minimum absolute atomic E-state index is 0.152. The lowest BCUT2D eigenvalue weighted by atomic mass is 10.0. The third-order valence-electron chi connectivity index (χ3n) is 4.86. The van der Waals surface area contributed by atoms with E-state index >= 15 is 0 Å². The normalized spacial score (nSPS) is 12.0. The second kappa shape index (κ2) is 8.26. The van der Waals surface area contributed by atoms with Crippen LogP contribution in [0.1, 0.15) is 58.0 Å². The third-order valence-corrected chi connectivity index (χ3v) is 4.86. The topological polar surface area (TPSA) is 116 Å². The van der Waals surface area contributed by atoms with E-state index in [4.69, 9.17) is 4.52 Å². The van der Waals surface area contributed by atoms with Crippen molar-refractivity contribution in [2.45, 2.75) is 46.7 Å². The first-order chi connectivity index (χ1) is 13.8. The summed E-state index contributed by atoms with van der Waals surface area (Å²) in [5, 5.41) is 21.8. The number of nitrogens with one attached hydrogen (secondary N) is 1. The number of carbonyl (C=O) groups excluding carboxylic acids is 1. The summed E-state index contributed by atoms with van der Waals surface area (Å²) in [7, 11) is 0. The molecule has 3 aromatic rings. The van der Waals surface area contributed by atoms with Crippen LogP contribution in [0.3, 0.4) is 0 Å². The Balaban J connectivity index is 1.83. The van der Waals surface area contributed by atoms with E-state index in [0.717, 1.165) is 11.1 Å². The zero-order chi connectivity index (χ0) is 21.1. The molecule has 0 radical (unpaired) electrons. The van der Waals surface area contributed by atoms with E-state index < -0.39 is 4.92 Å². The summed E-state index contributed by atoms with van der Waals surface area (Å²) in [5.41, 5.74) is 3.46. The molecule has 0 spiro atoms. The van der Waals surface area contributed by atoms with Crippen LogP contribution in [0.15, 0.2) is 34.9 Å². The smallest absolute Gasteiger partial charge is 0.361 e. The average molecular weight is 397 g/mol. The van der Waals surface area contributed by atoms with Gasteiger partial charge in [-0.1, -0.05) is 41.9 Å². The lowest BCUT2D eigenvalue weighted by molar-refractivity contribution is -0.389. The highest BCUT2D eigenvalue weighted by Crippen LogP contribution is 2.21. The van der Waals surface area contributed by atoms with Gasteiger partial charge in [-0.05, 0) is 37.7 Å². The number of hydrogen-bond acceptors (Lipinski definition) is 6. The maximum atomic E-state index is 12.9. The molecule has 0 fully saturated rings. The summed E-state index contributed by atoms with van der Waals surface area (Å²) < 4.78 is 6.70. The summed E-state index contributed by atoms with van der Waals surface area (Å²) in [4.78, 5) is 23.3. The van der Waals surface area contributed by atoms with Crippen molar-refractivity contribution in [1.82, 2.24) is 20.3 Å². The molecule has 2 aromatic heterocycles. The molecule has 0 aliphatic rings. The van der Waals surface area contributed by atoms with Gasteiger partial charge in [0.05, 0.1) is 35.0 Å². The quantitative estimate of drug-likeness (QED) is 0.481. The second-order valence-corrected chi connectivity index (χ2v) is 6.97. The van der Waals surface area contributed by atoms with Crippen LogP contribution in [0.5, 0.6) is 0 Å². The molecule has 1 unspecified atom stereocenters. The third kappa shape index (κ3) is 4.34.